The lowest BCUT2D eigenvalue weighted by molar-refractivity contribution is 0.538. The summed E-state index contributed by atoms with van der Waals surface area (Å²) in [6.07, 6.45) is 0. The van der Waals surface area contributed by atoms with Crippen molar-refractivity contribution in [1.29, 1.82) is 0 Å². The predicted octanol–water partition coefficient (Wildman–Crippen LogP) is 3.00. The fourth-order valence-electron chi connectivity index (χ4n) is 1.79. The lowest BCUT2D eigenvalue weighted by atomic mass is 10.1. The maximum Gasteiger partial charge on any atom is 0.244 e. The molecule has 1 atom stereocenters. The molecule has 0 radical (unpaired) electrons. The third-order valence-electron chi connectivity index (χ3n) is 2.81. The van der Waals surface area contributed by atoms with E-state index < -0.39 is 32.6 Å². The quantitative estimate of drug-likeness (QED) is 0.943. The Balaban J connectivity index is 2.30. The molecule has 20 heavy (non-hydrogen) atoms. The van der Waals surface area contributed by atoms with Crippen LogP contribution < -0.4 is 4.72 Å². The summed E-state index contributed by atoms with van der Waals surface area (Å²) in [6, 6.07) is 10.6. The van der Waals surface area contributed by atoms with Gasteiger partial charge in [0.25, 0.3) is 0 Å². The van der Waals surface area contributed by atoms with Crippen molar-refractivity contribution in [3.8, 4) is 0 Å². The Morgan fingerprint density at radius 2 is 1.70 bits per heavy atom. The predicted molar refractivity (Wildman–Crippen MR) is 71.5 cm³/mol. The second-order valence-corrected chi connectivity index (χ2v) is 6.01. The van der Waals surface area contributed by atoms with Crippen LogP contribution in [0.5, 0.6) is 0 Å². The molecule has 2 rings (SSSR count). The van der Waals surface area contributed by atoms with E-state index in [4.69, 9.17) is 0 Å². The Kier molecular flexibility index (Phi) is 4.15. The average molecular weight is 297 g/mol. The van der Waals surface area contributed by atoms with E-state index in [1.54, 1.807) is 37.3 Å². The number of rotatable bonds is 4. The number of nitrogens with one attached hydrogen (secondary N) is 1. The van der Waals surface area contributed by atoms with Crippen molar-refractivity contribution in [3.63, 3.8) is 0 Å². The molecule has 0 aromatic heterocycles. The van der Waals surface area contributed by atoms with E-state index in [0.29, 0.717) is 6.07 Å². The molecule has 0 bridgehead atoms. The van der Waals surface area contributed by atoms with Gasteiger partial charge in [-0.25, -0.2) is 21.9 Å². The van der Waals surface area contributed by atoms with Gasteiger partial charge in [0.2, 0.25) is 10.0 Å². The molecule has 0 fully saturated rings. The van der Waals surface area contributed by atoms with Crippen molar-refractivity contribution in [2.24, 2.45) is 0 Å². The van der Waals surface area contributed by atoms with Gasteiger partial charge in [-0.3, -0.25) is 0 Å². The van der Waals surface area contributed by atoms with Crippen LogP contribution in [0, 0.1) is 11.6 Å². The van der Waals surface area contributed by atoms with Gasteiger partial charge in [0, 0.05) is 6.04 Å². The van der Waals surface area contributed by atoms with E-state index in [0.717, 1.165) is 17.7 Å². The molecule has 0 aliphatic rings. The lowest BCUT2D eigenvalue weighted by Gasteiger charge is -2.15. The summed E-state index contributed by atoms with van der Waals surface area (Å²) in [5.41, 5.74) is 0.730. The highest BCUT2D eigenvalue weighted by Gasteiger charge is 2.22. The molecule has 1 N–H and O–H groups in total. The van der Waals surface area contributed by atoms with Gasteiger partial charge in [0.15, 0.2) is 0 Å². The number of benzene rings is 2. The Morgan fingerprint density at radius 3 is 2.35 bits per heavy atom. The van der Waals surface area contributed by atoms with E-state index in [1.165, 1.54) is 0 Å². The highest BCUT2D eigenvalue weighted by Crippen LogP contribution is 2.19. The Hall–Kier alpha value is -1.79. The summed E-state index contributed by atoms with van der Waals surface area (Å²) in [5, 5.41) is 0. The first-order valence-corrected chi connectivity index (χ1v) is 7.41. The highest BCUT2D eigenvalue weighted by atomic mass is 32.2. The van der Waals surface area contributed by atoms with Crippen LogP contribution in [0.3, 0.4) is 0 Å². The van der Waals surface area contributed by atoms with Gasteiger partial charge >= 0.3 is 0 Å². The fourth-order valence-corrected chi connectivity index (χ4v) is 3.11. The minimum atomic E-state index is -4.13. The molecular weight excluding hydrogens is 284 g/mol. The van der Waals surface area contributed by atoms with E-state index in [2.05, 4.69) is 4.72 Å². The zero-order valence-electron chi connectivity index (χ0n) is 10.7. The first-order chi connectivity index (χ1) is 9.40. The van der Waals surface area contributed by atoms with Crippen LogP contribution in [0.2, 0.25) is 0 Å². The molecule has 0 spiro atoms. The third-order valence-corrected chi connectivity index (χ3v) is 4.37. The second kappa shape index (κ2) is 5.68. The molecular formula is C14H13F2NO2S. The standard InChI is InChI=1S/C14H13F2NO2S/c1-10(11-5-3-2-4-6-11)17-20(18,19)14-9-12(15)7-8-13(14)16/h2-10,17H,1H3. The van der Waals surface area contributed by atoms with E-state index >= 15 is 0 Å². The van der Waals surface area contributed by atoms with Gasteiger partial charge in [-0.05, 0) is 30.7 Å². The van der Waals surface area contributed by atoms with E-state index in [9.17, 15) is 17.2 Å². The second-order valence-electron chi connectivity index (χ2n) is 4.33. The molecule has 106 valence electrons. The van der Waals surface area contributed by atoms with Crippen LogP contribution in [-0.4, -0.2) is 8.42 Å². The van der Waals surface area contributed by atoms with Crippen LogP contribution in [0.15, 0.2) is 53.4 Å². The third kappa shape index (κ3) is 3.20. The molecule has 0 saturated heterocycles. The van der Waals surface area contributed by atoms with Crippen molar-refractivity contribution < 1.29 is 17.2 Å². The van der Waals surface area contributed by atoms with Gasteiger partial charge in [-0.1, -0.05) is 30.3 Å². The number of halogens is 2. The monoisotopic (exact) mass is 297 g/mol. The van der Waals surface area contributed by atoms with Gasteiger partial charge in [-0.15, -0.1) is 0 Å². The van der Waals surface area contributed by atoms with Gasteiger partial charge in [-0.2, -0.15) is 0 Å². The zero-order valence-corrected chi connectivity index (χ0v) is 11.5. The maximum absolute atomic E-state index is 13.5. The zero-order chi connectivity index (χ0) is 14.8. The van der Waals surface area contributed by atoms with Crippen molar-refractivity contribution in [3.05, 3.63) is 65.7 Å². The summed E-state index contributed by atoms with van der Waals surface area (Å²) >= 11 is 0. The van der Waals surface area contributed by atoms with Crippen LogP contribution in [0.25, 0.3) is 0 Å². The van der Waals surface area contributed by atoms with Gasteiger partial charge in [0.1, 0.15) is 16.5 Å². The topological polar surface area (TPSA) is 46.2 Å². The maximum atomic E-state index is 13.5. The van der Waals surface area contributed by atoms with Gasteiger partial charge < -0.3 is 0 Å². The normalized spacial score (nSPS) is 13.2. The molecule has 2 aromatic rings. The number of sulfonamides is 1. The van der Waals surface area contributed by atoms with Crippen LogP contribution in [-0.2, 0) is 10.0 Å². The molecule has 0 amide bonds. The molecule has 1 unspecified atom stereocenters. The van der Waals surface area contributed by atoms with Crippen LogP contribution in [0.4, 0.5) is 8.78 Å². The van der Waals surface area contributed by atoms with Crippen molar-refractivity contribution in [2.75, 3.05) is 0 Å². The first kappa shape index (κ1) is 14.6. The molecule has 2 aromatic carbocycles. The van der Waals surface area contributed by atoms with Crippen molar-refractivity contribution in [1.82, 2.24) is 4.72 Å². The molecule has 0 aliphatic carbocycles. The summed E-state index contributed by atoms with van der Waals surface area (Å²) in [4.78, 5) is -0.694. The molecule has 0 saturated carbocycles. The average Bonchev–Trinajstić information content (AvgIpc) is 2.42. The minimum Gasteiger partial charge on any atom is -0.207 e. The largest absolute Gasteiger partial charge is 0.244 e. The minimum absolute atomic E-state index is 0.552. The lowest BCUT2D eigenvalue weighted by Crippen LogP contribution is -2.27. The molecule has 0 heterocycles. The number of hydrogen-bond donors (Lipinski definition) is 1. The first-order valence-electron chi connectivity index (χ1n) is 5.92. The highest BCUT2D eigenvalue weighted by molar-refractivity contribution is 7.89. The molecule has 6 heteroatoms. The molecule has 3 nitrogen and oxygen atoms in total. The van der Waals surface area contributed by atoms with E-state index in [-0.39, 0.29) is 0 Å². The summed E-state index contributed by atoms with van der Waals surface area (Å²) in [6.45, 7) is 1.63. The Morgan fingerprint density at radius 1 is 1.05 bits per heavy atom. The van der Waals surface area contributed by atoms with Crippen molar-refractivity contribution in [2.45, 2.75) is 17.9 Å². The summed E-state index contributed by atoms with van der Waals surface area (Å²) in [5.74, 6) is -1.79. The van der Waals surface area contributed by atoms with E-state index in [1.807, 2.05) is 0 Å². The smallest absolute Gasteiger partial charge is 0.207 e. The fraction of sp³-hybridized carbons (Fsp3) is 0.143. The Bertz CT molecular complexity index is 702. The Labute approximate surface area is 116 Å². The summed E-state index contributed by atoms with van der Waals surface area (Å²) in [7, 11) is -4.13. The number of hydrogen-bond acceptors (Lipinski definition) is 2. The van der Waals surface area contributed by atoms with Crippen molar-refractivity contribution >= 4 is 10.0 Å². The van der Waals surface area contributed by atoms with Crippen LogP contribution in [0.1, 0.15) is 18.5 Å². The summed E-state index contributed by atoms with van der Waals surface area (Å²) < 4.78 is 53.1. The van der Waals surface area contributed by atoms with Gasteiger partial charge in [0.05, 0.1) is 0 Å². The SMILES string of the molecule is CC(NS(=O)(=O)c1cc(F)ccc1F)c1ccccc1. The molecule has 0 aliphatic heterocycles. The van der Waals surface area contributed by atoms with Crippen LogP contribution >= 0.6 is 0 Å².